The average molecular weight is 260 g/mol. The zero-order valence-electron chi connectivity index (χ0n) is 11.3. The highest BCUT2D eigenvalue weighted by Gasteiger charge is 2.23. The number of rotatable bonds is 4. The van der Waals surface area contributed by atoms with E-state index in [2.05, 4.69) is 20.6 Å². The molecule has 5 heteroatoms. The molecule has 0 saturated heterocycles. The Morgan fingerprint density at radius 3 is 2.58 bits per heavy atom. The van der Waals surface area contributed by atoms with Gasteiger partial charge in [0.1, 0.15) is 17.3 Å². The largest absolute Gasteiger partial charge is 0.367 e. The number of aryl methyl sites for hydroxylation is 1. The van der Waals surface area contributed by atoms with Crippen molar-refractivity contribution >= 4 is 11.7 Å². The van der Waals surface area contributed by atoms with Crippen LogP contribution in [0.2, 0.25) is 0 Å². The van der Waals surface area contributed by atoms with Gasteiger partial charge in [-0.1, -0.05) is 12.8 Å². The maximum atomic E-state index is 12.2. The SMILES string of the molecule is Cc1nc(NC2CC2)cc(C(=O)NC2CCCC2)n1. The van der Waals surface area contributed by atoms with Crippen LogP contribution in [0.4, 0.5) is 5.82 Å². The van der Waals surface area contributed by atoms with Crippen LogP contribution in [0.1, 0.15) is 54.8 Å². The summed E-state index contributed by atoms with van der Waals surface area (Å²) in [7, 11) is 0. The molecule has 2 fully saturated rings. The van der Waals surface area contributed by atoms with E-state index in [4.69, 9.17) is 0 Å². The van der Waals surface area contributed by atoms with Crippen LogP contribution in [0.3, 0.4) is 0 Å². The predicted molar refractivity (Wildman–Crippen MR) is 73.1 cm³/mol. The third-order valence-electron chi connectivity index (χ3n) is 3.69. The molecule has 1 aromatic rings. The lowest BCUT2D eigenvalue weighted by Gasteiger charge is -2.12. The smallest absolute Gasteiger partial charge is 0.270 e. The van der Waals surface area contributed by atoms with Crippen molar-refractivity contribution in [3.8, 4) is 0 Å². The standard InChI is InChI=1S/C14H20N4O/c1-9-15-12(8-13(16-9)17-11-6-7-11)14(19)18-10-4-2-3-5-10/h8,10-11H,2-7H2,1H3,(H,18,19)(H,15,16,17). The molecular formula is C14H20N4O. The number of nitrogens with zero attached hydrogens (tertiary/aromatic N) is 2. The quantitative estimate of drug-likeness (QED) is 0.869. The van der Waals surface area contributed by atoms with Gasteiger partial charge in [0, 0.05) is 18.2 Å². The molecule has 0 aromatic carbocycles. The van der Waals surface area contributed by atoms with Crippen molar-refractivity contribution in [2.45, 2.75) is 57.5 Å². The Kier molecular flexibility index (Phi) is 3.36. The lowest BCUT2D eigenvalue weighted by atomic mass is 10.2. The Morgan fingerprint density at radius 1 is 1.16 bits per heavy atom. The van der Waals surface area contributed by atoms with Crippen LogP contribution in [-0.4, -0.2) is 28.0 Å². The number of carbonyl (C=O) groups excluding carboxylic acids is 1. The Hall–Kier alpha value is -1.65. The predicted octanol–water partition coefficient (Wildman–Crippen LogP) is 2.03. The Balaban J connectivity index is 1.70. The number of aromatic nitrogens is 2. The summed E-state index contributed by atoms with van der Waals surface area (Å²) in [6, 6.07) is 2.61. The second kappa shape index (κ2) is 5.15. The van der Waals surface area contributed by atoms with Gasteiger partial charge in [0.05, 0.1) is 0 Å². The maximum absolute atomic E-state index is 12.2. The molecule has 0 bridgehead atoms. The first kappa shape index (κ1) is 12.4. The molecule has 19 heavy (non-hydrogen) atoms. The highest BCUT2D eigenvalue weighted by molar-refractivity contribution is 5.93. The number of hydrogen-bond acceptors (Lipinski definition) is 4. The summed E-state index contributed by atoms with van der Waals surface area (Å²) in [6.45, 7) is 1.82. The molecule has 0 atom stereocenters. The van der Waals surface area contributed by atoms with Crippen LogP contribution in [0.5, 0.6) is 0 Å². The first-order chi connectivity index (χ1) is 9.20. The second-order valence-electron chi connectivity index (χ2n) is 5.56. The molecule has 1 heterocycles. The average Bonchev–Trinajstić information content (AvgIpc) is 3.03. The van der Waals surface area contributed by atoms with Crippen molar-refractivity contribution in [3.63, 3.8) is 0 Å². The molecule has 2 saturated carbocycles. The van der Waals surface area contributed by atoms with Gasteiger partial charge in [-0.2, -0.15) is 0 Å². The lowest BCUT2D eigenvalue weighted by molar-refractivity contribution is 0.0932. The topological polar surface area (TPSA) is 66.9 Å². The summed E-state index contributed by atoms with van der Waals surface area (Å²) in [6.07, 6.45) is 6.97. The van der Waals surface area contributed by atoms with Gasteiger partial charge in [-0.3, -0.25) is 4.79 Å². The number of anilines is 1. The van der Waals surface area contributed by atoms with Crippen LogP contribution >= 0.6 is 0 Å². The van der Waals surface area contributed by atoms with Gasteiger partial charge in [-0.05, 0) is 32.6 Å². The molecule has 0 radical (unpaired) electrons. The molecule has 1 aromatic heterocycles. The van der Waals surface area contributed by atoms with Gasteiger partial charge >= 0.3 is 0 Å². The zero-order valence-corrected chi connectivity index (χ0v) is 11.3. The lowest BCUT2D eigenvalue weighted by Crippen LogP contribution is -2.33. The fourth-order valence-electron chi connectivity index (χ4n) is 2.52. The van der Waals surface area contributed by atoms with E-state index in [0.29, 0.717) is 23.6 Å². The van der Waals surface area contributed by atoms with E-state index in [1.165, 1.54) is 25.7 Å². The highest BCUT2D eigenvalue weighted by Crippen LogP contribution is 2.24. The summed E-state index contributed by atoms with van der Waals surface area (Å²) < 4.78 is 0. The molecule has 2 aliphatic carbocycles. The van der Waals surface area contributed by atoms with E-state index in [1.807, 2.05) is 6.92 Å². The number of amides is 1. The van der Waals surface area contributed by atoms with Crippen molar-refractivity contribution in [1.29, 1.82) is 0 Å². The summed E-state index contributed by atoms with van der Waals surface area (Å²) >= 11 is 0. The molecule has 5 nitrogen and oxygen atoms in total. The molecule has 102 valence electrons. The molecule has 2 N–H and O–H groups in total. The fraction of sp³-hybridized carbons (Fsp3) is 0.643. The minimum absolute atomic E-state index is 0.0729. The van der Waals surface area contributed by atoms with E-state index in [1.54, 1.807) is 6.07 Å². The van der Waals surface area contributed by atoms with E-state index in [9.17, 15) is 4.79 Å². The van der Waals surface area contributed by atoms with Gasteiger partial charge in [0.2, 0.25) is 0 Å². The van der Waals surface area contributed by atoms with E-state index in [-0.39, 0.29) is 5.91 Å². The Labute approximate surface area is 113 Å². The summed E-state index contributed by atoms with van der Waals surface area (Å²) in [5, 5.41) is 6.38. The summed E-state index contributed by atoms with van der Waals surface area (Å²) in [5.41, 5.74) is 0.475. The second-order valence-corrected chi connectivity index (χ2v) is 5.56. The van der Waals surface area contributed by atoms with Crippen molar-refractivity contribution in [1.82, 2.24) is 15.3 Å². The van der Waals surface area contributed by atoms with Crippen molar-refractivity contribution in [2.75, 3.05) is 5.32 Å². The fourth-order valence-corrected chi connectivity index (χ4v) is 2.52. The van der Waals surface area contributed by atoms with Crippen molar-refractivity contribution in [2.24, 2.45) is 0 Å². The van der Waals surface area contributed by atoms with E-state index in [0.717, 1.165) is 18.7 Å². The van der Waals surface area contributed by atoms with E-state index < -0.39 is 0 Å². The molecule has 1 amide bonds. The third-order valence-corrected chi connectivity index (χ3v) is 3.69. The third kappa shape index (κ3) is 3.22. The van der Waals surface area contributed by atoms with Gasteiger partial charge in [-0.25, -0.2) is 9.97 Å². The molecule has 0 spiro atoms. The number of carbonyl (C=O) groups is 1. The summed E-state index contributed by atoms with van der Waals surface area (Å²) in [4.78, 5) is 20.7. The van der Waals surface area contributed by atoms with Gasteiger partial charge < -0.3 is 10.6 Å². The minimum Gasteiger partial charge on any atom is -0.367 e. The van der Waals surface area contributed by atoms with Crippen LogP contribution in [-0.2, 0) is 0 Å². The molecule has 0 aliphatic heterocycles. The normalized spacial score (nSPS) is 19.4. The van der Waals surface area contributed by atoms with Crippen molar-refractivity contribution < 1.29 is 4.79 Å². The van der Waals surface area contributed by atoms with Gasteiger partial charge in [0.15, 0.2) is 0 Å². The van der Waals surface area contributed by atoms with Gasteiger partial charge in [-0.15, -0.1) is 0 Å². The molecule has 0 unspecified atom stereocenters. The van der Waals surface area contributed by atoms with Crippen LogP contribution < -0.4 is 10.6 Å². The minimum atomic E-state index is -0.0729. The van der Waals surface area contributed by atoms with Crippen LogP contribution in [0.25, 0.3) is 0 Å². The molecule has 3 rings (SSSR count). The maximum Gasteiger partial charge on any atom is 0.270 e. The first-order valence-corrected chi connectivity index (χ1v) is 7.14. The van der Waals surface area contributed by atoms with Gasteiger partial charge in [0.25, 0.3) is 5.91 Å². The highest BCUT2D eigenvalue weighted by atomic mass is 16.1. The Bertz CT molecular complexity index is 478. The van der Waals surface area contributed by atoms with Crippen LogP contribution in [0.15, 0.2) is 6.07 Å². The van der Waals surface area contributed by atoms with Crippen molar-refractivity contribution in [3.05, 3.63) is 17.6 Å². The number of hydrogen-bond donors (Lipinski definition) is 2. The monoisotopic (exact) mass is 260 g/mol. The Morgan fingerprint density at radius 2 is 1.89 bits per heavy atom. The molecular weight excluding hydrogens is 240 g/mol. The first-order valence-electron chi connectivity index (χ1n) is 7.14. The molecule has 2 aliphatic rings. The summed E-state index contributed by atoms with van der Waals surface area (Å²) in [5.74, 6) is 1.34. The van der Waals surface area contributed by atoms with E-state index >= 15 is 0 Å². The number of nitrogens with one attached hydrogen (secondary N) is 2. The van der Waals surface area contributed by atoms with Crippen LogP contribution in [0, 0.1) is 6.92 Å². The zero-order chi connectivity index (χ0) is 13.2.